The summed E-state index contributed by atoms with van der Waals surface area (Å²) < 4.78 is 0. The van der Waals surface area contributed by atoms with Gasteiger partial charge in [-0.15, -0.1) is 0 Å². The Bertz CT molecular complexity index is 752. The summed E-state index contributed by atoms with van der Waals surface area (Å²) >= 11 is 1.81. The number of aromatic nitrogens is 1. The first kappa shape index (κ1) is 9.97. The van der Waals surface area contributed by atoms with Crippen molar-refractivity contribution in [3.05, 3.63) is 54.7 Å². The third-order valence-corrected chi connectivity index (χ3v) is 4.32. The Hall–Kier alpha value is -2.00. The summed E-state index contributed by atoms with van der Waals surface area (Å²) in [5.41, 5.74) is 3.39. The minimum absolute atomic E-state index is 1.05. The molecule has 0 atom stereocenters. The first-order chi connectivity index (χ1) is 8.92. The molecular formula is C15H10N2S. The lowest BCUT2D eigenvalue weighted by molar-refractivity contribution is 1.32. The molecule has 1 N–H and O–H groups in total. The summed E-state index contributed by atoms with van der Waals surface area (Å²) in [5, 5.41) is 4.69. The molecule has 0 bridgehead atoms. The number of pyridine rings is 1. The molecule has 1 aliphatic rings. The Kier molecular flexibility index (Phi) is 2.08. The Morgan fingerprint density at radius 1 is 0.889 bits per heavy atom. The van der Waals surface area contributed by atoms with Crippen molar-refractivity contribution in [2.24, 2.45) is 0 Å². The van der Waals surface area contributed by atoms with Crippen LogP contribution in [0.5, 0.6) is 0 Å². The van der Waals surface area contributed by atoms with Gasteiger partial charge in [-0.2, -0.15) is 0 Å². The molecule has 0 saturated heterocycles. The average molecular weight is 250 g/mol. The van der Waals surface area contributed by atoms with Crippen LogP contribution in [0.25, 0.3) is 10.9 Å². The topological polar surface area (TPSA) is 24.9 Å². The molecule has 18 heavy (non-hydrogen) atoms. The molecule has 0 amide bonds. The van der Waals surface area contributed by atoms with Crippen molar-refractivity contribution < 1.29 is 0 Å². The van der Waals surface area contributed by atoms with E-state index in [4.69, 9.17) is 0 Å². The van der Waals surface area contributed by atoms with Crippen molar-refractivity contribution in [1.29, 1.82) is 0 Å². The van der Waals surface area contributed by atoms with Gasteiger partial charge in [0, 0.05) is 21.4 Å². The van der Waals surface area contributed by atoms with Crippen LogP contribution in [0.2, 0.25) is 0 Å². The van der Waals surface area contributed by atoms with Gasteiger partial charge in [0.1, 0.15) is 0 Å². The third-order valence-electron chi connectivity index (χ3n) is 3.10. The van der Waals surface area contributed by atoms with E-state index in [9.17, 15) is 0 Å². The van der Waals surface area contributed by atoms with E-state index in [1.165, 1.54) is 26.6 Å². The summed E-state index contributed by atoms with van der Waals surface area (Å²) in [6.45, 7) is 0. The van der Waals surface area contributed by atoms with Crippen LogP contribution in [0, 0.1) is 0 Å². The van der Waals surface area contributed by atoms with Gasteiger partial charge in [-0.3, -0.25) is 4.98 Å². The van der Waals surface area contributed by atoms with Crippen molar-refractivity contribution in [3.8, 4) is 0 Å². The second kappa shape index (κ2) is 3.75. The van der Waals surface area contributed by atoms with Crippen LogP contribution in [-0.4, -0.2) is 4.98 Å². The number of fused-ring (bicyclic) bond motifs is 4. The molecule has 0 aliphatic carbocycles. The lowest BCUT2D eigenvalue weighted by atomic mass is 10.2. The number of nitrogens with zero attached hydrogens (tertiary/aromatic N) is 1. The van der Waals surface area contributed by atoms with E-state index >= 15 is 0 Å². The maximum atomic E-state index is 4.40. The standard InChI is InChI=1S/C15H10N2S/c1-2-6-14-12(5-1)17-13-8-7-11-10(15(13)18-14)4-3-9-16-11/h1-9,17H. The van der Waals surface area contributed by atoms with E-state index in [-0.39, 0.29) is 0 Å². The van der Waals surface area contributed by atoms with Crippen LogP contribution in [0.1, 0.15) is 0 Å². The van der Waals surface area contributed by atoms with Crippen LogP contribution in [-0.2, 0) is 0 Å². The van der Waals surface area contributed by atoms with Gasteiger partial charge >= 0.3 is 0 Å². The largest absolute Gasteiger partial charge is 0.354 e. The maximum Gasteiger partial charge on any atom is 0.0714 e. The predicted octanol–water partition coefficient (Wildman–Crippen LogP) is 4.44. The monoisotopic (exact) mass is 250 g/mol. The predicted molar refractivity (Wildman–Crippen MR) is 75.6 cm³/mol. The lowest BCUT2D eigenvalue weighted by Gasteiger charge is -2.21. The molecule has 0 fully saturated rings. The molecule has 0 saturated carbocycles. The fourth-order valence-electron chi connectivity index (χ4n) is 2.25. The Labute approximate surface area is 109 Å². The molecule has 0 radical (unpaired) electrons. The molecule has 0 spiro atoms. The number of para-hydroxylation sites is 1. The summed E-state index contributed by atoms with van der Waals surface area (Å²) in [7, 11) is 0. The number of benzene rings is 2. The Balaban J connectivity index is 1.98. The van der Waals surface area contributed by atoms with Gasteiger partial charge < -0.3 is 5.32 Å². The first-order valence-corrected chi connectivity index (χ1v) is 6.65. The summed E-state index contributed by atoms with van der Waals surface area (Å²) in [6, 6.07) is 16.7. The fourth-order valence-corrected chi connectivity index (χ4v) is 3.35. The van der Waals surface area contributed by atoms with Crippen LogP contribution in [0.4, 0.5) is 11.4 Å². The first-order valence-electron chi connectivity index (χ1n) is 5.83. The van der Waals surface area contributed by atoms with Crippen molar-refractivity contribution in [2.75, 3.05) is 5.32 Å². The second-order valence-corrected chi connectivity index (χ2v) is 5.29. The zero-order valence-electron chi connectivity index (χ0n) is 9.55. The summed E-state index contributed by atoms with van der Waals surface area (Å²) in [5.74, 6) is 0. The van der Waals surface area contributed by atoms with E-state index in [1.807, 2.05) is 24.0 Å². The number of rotatable bonds is 0. The van der Waals surface area contributed by atoms with Crippen LogP contribution in [0.15, 0.2) is 64.5 Å². The smallest absolute Gasteiger partial charge is 0.0714 e. The van der Waals surface area contributed by atoms with Gasteiger partial charge in [-0.25, -0.2) is 0 Å². The SMILES string of the molecule is c1ccc2c(c1)Nc1ccc3ncccc3c1S2. The van der Waals surface area contributed by atoms with Crippen molar-refractivity contribution in [2.45, 2.75) is 9.79 Å². The normalized spacial score (nSPS) is 12.7. The van der Waals surface area contributed by atoms with Gasteiger partial charge in [0.15, 0.2) is 0 Å². The van der Waals surface area contributed by atoms with Crippen molar-refractivity contribution >= 4 is 34.0 Å². The molecule has 2 aromatic carbocycles. The van der Waals surface area contributed by atoms with Gasteiger partial charge in [-0.1, -0.05) is 30.0 Å². The van der Waals surface area contributed by atoms with Crippen LogP contribution >= 0.6 is 11.8 Å². The van der Waals surface area contributed by atoms with Gasteiger partial charge in [0.05, 0.1) is 16.9 Å². The highest BCUT2D eigenvalue weighted by Gasteiger charge is 2.17. The molecule has 3 aromatic rings. The summed E-state index contributed by atoms with van der Waals surface area (Å²) in [6.07, 6.45) is 1.84. The minimum atomic E-state index is 1.05. The molecular weight excluding hydrogens is 240 g/mol. The van der Waals surface area contributed by atoms with Crippen molar-refractivity contribution in [3.63, 3.8) is 0 Å². The van der Waals surface area contributed by atoms with Crippen LogP contribution in [0.3, 0.4) is 0 Å². The number of anilines is 2. The molecule has 3 heteroatoms. The molecule has 4 rings (SSSR count). The van der Waals surface area contributed by atoms with E-state index in [2.05, 4.69) is 52.8 Å². The van der Waals surface area contributed by atoms with Crippen LogP contribution < -0.4 is 5.32 Å². The van der Waals surface area contributed by atoms with E-state index < -0.39 is 0 Å². The quantitative estimate of drug-likeness (QED) is 0.499. The number of hydrogen-bond donors (Lipinski definition) is 1. The van der Waals surface area contributed by atoms with Gasteiger partial charge in [0.25, 0.3) is 0 Å². The zero-order valence-corrected chi connectivity index (χ0v) is 10.4. The van der Waals surface area contributed by atoms with Gasteiger partial charge in [0.2, 0.25) is 0 Å². The highest BCUT2D eigenvalue weighted by molar-refractivity contribution is 8.00. The third kappa shape index (κ3) is 1.41. The van der Waals surface area contributed by atoms with E-state index in [0.717, 1.165) is 5.52 Å². The minimum Gasteiger partial charge on any atom is -0.354 e. The highest BCUT2D eigenvalue weighted by Crippen LogP contribution is 2.46. The fraction of sp³-hybridized carbons (Fsp3) is 0. The van der Waals surface area contributed by atoms with E-state index in [0.29, 0.717) is 0 Å². The number of hydrogen-bond acceptors (Lipinski definition) is 3. The van der Waals surface area contributed by atoms with Gasteiger partial charge in [-0.05, 0) is 30.3 Å². The Morgan fingerprint density at radius 2 is 1.83 bits per heavy atom. The lowest BCUT2D eigenvalue weighted by Crippen LogP contribution is -2.00. The molecule has 0 unspecified atom stereocenters. The molecule has 2 heterocycles. The highest BCUT2D eigenvalue weighted by atomic mass is 32.2. The second-order valence-electron chi connectivity index (χ2n) is 4.24. The average Bonchev–Trinajstić information content (AvgIpc) is 2.45. The summed E-state index contributed by atoms with van der Waals surface area (Å²) in [4.78, 5) is 6.93. The number of nitrogens with one attached hydrogen (secondary N) is 1. The molecule has 86 valence electrons. The van der Waals surface area contributed by atoms with Crippen molar-refractivity contribution in [1.82, 2.24) is 4.98 Å². The van der Waals surface area contributed by atoms with E-state index in [1.54, 1.807) is 0 Å². The Morgan fingerprint density at radius 3 is 2.83 bits per heavy atom. The molecule has 1 aromatic heterocycles. The molecule has 1 aliphatic heterocycles. The zero-order chi connectivity index (χ0) is 11.9. The molecule has 2 nitrogen and oxygen atoms in total. The maximum absolute atomic E-state index is 4.40.